The number of benzene rings is 3. The number of aryl methyl sites for hydroxylation is 1. The number of allylic oxidation sites excluding steroid dienone is 5. The maximum absolute atomic E-state index is 13.7. The monoisotopic (exact) mass is 404 g/mol. The first kappa shape index (κ1) is 21.4. The second-order valence-electron chi connectivity index (χ2n) is 7.27. The van der Waals surface area contributed by atoms with Crippen LogP contribution >= 0.6 is 0 Å². The van der Waals surface area contributed by atoms with Gasteiger partial charge >= 0.3 is 0 Å². The summed E-state index contributed by atoms with van der Waals surface area (Å²) in [6.07, 6.45) is 6.34. The van der Waals surface area contributed by atoms with E-state index in [1.165, 1.54) is 24.3 Å². The van der Waals surface area contributed by atoms with Crippen molar-refractivity contribution in [2.75, 3.05) is 0 Å². The summed E-state index contributed by atoms with van der Waals surface area (Å²) in [6.45, 7) is 7.71. The topological polar surface area (TPSA) is 0 Å². The van der Waals surface area contributed by atoms with Gasteiger partial charge in [-0.05, 0) is 83.5 Å². The highest BCUT2D eigenvalue weighted by molar-refractivity contribution is 5.72. The van der Waals surface area contributed by atoms with Crippen LogP contribution in [0.1, 0.15) is 23.6 Å². The zero-order chi connectivity index (χ0) is 21.7. The third-order valence-electron chi connectivity index (χ3n) is 4.84. The minimum Gasteiger partial charge on any atom is -0.207 e. The molecule has 30 heavy (non-hydrogen) atoms. The van der Waals surface area contributed by atoms with Gasteiger partial charge in [0.05, 0.1) is 0 Å². The first-order valence-electron chi connectivity index (χ1n) is 9.69. The molecule has 0 radical (unpaired) electrons. The molecule has 0 N–H and O–H groups in total. The summed E-state index contributed by atoms with van der Waals surface area (Å²) in [4.78, 5) is 0. The van der Waals surface area contributed by atoms with Crippen LogP contribution in [0.3, 0.4) is 0 Å². The van der Waals surface area contributed by atoms with Crippen molar-refractivity contribution in [2.45, 2.75) is 20.3 Å². The Bertz CT molecular complexity index is 1080. The first-order chi connectivity index (χ1) is 14.3. The molecule has 0 nitrogen and oxygen atoms in total. The van der Waals surface area contributed by atoms with Crippen molar-refractivity contribution in [3.05, 3.63) is 125 Å². The van der Waals surface area contributed by atoms with Crippen LogP contribution in [-0.2, 0) is 6.42 Å². The second-order valence-corrected chi connectivity index (χ2v) is 7.27. The Kier molecular flexibility index (Phi) is 6.73. The Morgan fingerprint density at radius 2 is 1.43 bits per heavy atom. The fraction of sp³-hybridized carbons (Fsp3) is 0.111. The van der Waals surface area contributed by atoms with E-state index in [1.807, 2.05) is 56.3 Å². The van der Waals surface area contributed by atoms with Gasteiger partial charge in [-0.25, -0.2) is 13.2 Å². The van der Waals surface area contributed by atoms with Gasteiger partial charge in [-0.15, -0.1) is 0 Å². The lowest BCUT2D eigenvalue weighted by Gasteiger charge is -2.07. The lowest BCUT2D eigenvalue weighted by molar-refractivity contribution is 0.582. The Morgan fingerprint density at radius 1 is 0.800 bits per heavy atom. The number of halogens is 3. The summed E-state index contributed by atoms with van der Waals surface area (Å²) in [5.41, 5.74) is 5.78. The smallest absolute Gasteiger partial charge is 0.126 e. The van der Waals surface area contributed by atoms with Gasteiger partial charge in [0.1, 0.15) is 17.5 Å². The fourth-order valence-electron chi connectivity index (χ4n) is 3.25. The molecule has 3 aromatic rings. The Hall–Kier alpha value is -3.33. The lowest BCUT2D eigenvalue weighted by atomic mass is 9.98. The molecular weight excluding hydrogens is 381 g/mol. The highest BCUT2D eigenvalue weighted by atomic mass is 19.1. The fourth-order valence-corrected chi connectivity index (χ4v) is 3.25. The van der Waals surface area contributed by atoms with Crippen LogP contribution in [0.2, 0.25) is 0 Å². The van der Waals surface area contributed by atoms with Crippen LogP contribution in [0.25, 0.3) is 16.7 Å². The predicted octanol–water partition coefficient (Wildman–Crippen LogP) is 7.84. The number of hydrogen-bond donors (Lipinski definition) is 0. The SMILES string of the molecule is C=C(/C=C\C(=C/C)Cc1ccc(-c2cc(C)cc(F)c2)cc1)c1cc(F)cc(F)c1. The van der Waals surface area contributed by atoms with Crippen molar-refractivity contribution in [2.24, 2.45) is 0 Å². The average Bonchev–Trinajstić information content (AvgIpc) is 2.70. The van der Waals surface area contributed by atoms with E-state index in [1.54, 1.807) is 6.08 Å². The average molecular weight is 404 g/mol. The van der Waals surface area contributed by atoms with E-state index in [2.05, 4.69) is 6.58 Å². The maximum Gasteiger partial charge on any atom is 0.126 e. The highest BCUT2D eigenvalue weighted by Crippen LogP contribution is 2.24. The summed E-state index contributed by atoms with van der Waals surface area (Å²) in [6, 6.07) is 16.4. The Labute approximate surface area is 175 Å². The highest BCUT2D eigenvalue weighted by Gasteiger charge is 2.04. The van der Waals surface area contributed by atoms with Crippen molar-refractivity contribution >= 4 is 5.57 Å². The molecule has 0 heterocycles. The van der Waals surface area contributed by atoms with Gasteiger partial charge in [0.15, 0.2) is 0 Å². The van der Waals surface area contributed by atoms with Crippen LogP contribution in [0.15, 0.2) is 91.0 Å². The molecule has 0 saturated carbocycles. The van der Waals surface area contributed by atoms with Gasteiger partial charge in [0.2, 0.25) is 0 Å². The van der Waals surface area contributed by atoms with Gasteiger partial charge in [0.25, 0.3) is 0 Å². The molecule has 0 fully saturated rings. The number of rotatable bonds is 6. The molecule has 0 aliphatic rings. The molecule has 3 rings (SSSR count). The van der Waals surface area contributed by atoms with Crippen molar-refractivity contribution in [1.29, 1.82) is 0 Å². The summed E-state index contributed by atoms with van der Waals surface area (Å²) in [5, 5.41) is 0. The summed E-state index contributed by atoms with van der Waals surface area (Å²) in [7, 11) is 0. The van der Waals surface area contributed by atoms with E-state index in [9.17, 15) is 13.2 Å². The van der Waals surface area contributed by atoms with Crippen LogP contribution in [0, 0.1) is 24.4 Å². The van der Waals surface area contributed by atoms with E-state index in [-0.39, 0.29) is 5.82 Å². The zero-order valence-electron chi connectivity index (χ0n) is 17.1. The minimum atomic E-state index is -0.626. The van der Waals surface area contributed by atoms with Crippen molar-refractivity contribution in [1.82, 2.24) is 0 Å². The van der Waals surface area contributed by atoms with Crippen LogP contribution < -0.4 is 0 Å². The van der Waals surface area contributed by atoms with Gasteiger partial charge in [-0.2, -0.15) is 0 Å². The molecule has 0 amide bonds. The Morgan fingerprint density at radius 3 is 2.03 bits per heavy atom. The first-order valence-corrected chi connectivity index (χ1v) is 9.69. The summed E-state index contributed by atoms with van der Waals surface area (Å²) >= 11 is 0. The van der Waals surface area contributed by atoms with Crippen molar-refractivity contribution in [3.63, 3.8) is 0 Å². The predicted molar refractivity (Wildman–Crippen MR) is 119 cm³/mol. The van der Waals surface area contributed by atoms with E-state index in [4.69, 9.17) is 0 Å². The molecular formula is C27H23F3. The zero-order valence-corrected chi connectivity index (χ0v) is 17.1. The van der Waals surface area contributed by atoms with Crippen molar-refractivity contribution in [3.8, 4) is 11.1 Å². The Balaban J connectivity index is 1.71. The van der Waals surface area contributed by atoms with E-state index >= 15 is 0 Å². The maximum atomic E-state index is 13.7. The van der Waals surface area contributed by atoms with E-state index in [0.717, 1.165) is 33.9 Å². The van der Waals surface area contributed by atoms with Gasteiger partial charge in [-0.3, -0.25) is 0 Å². The lowest BCUT2D eigenvalue weighted by Crippen LogP contribution is -1.90. The third kappa shape index (κ3) is 5.60. The standard InChI is InChI=1S/C27H23F3/c1-4-20(6-5-19(3)23-14-26(29)17-27(30)15-23)13-21-7-9-22(10-8-21)24-11-18(2)12-25(28)16-24/h4-12,14-17H,3,13H2,1-2H3/b6-5-,20-4+. The van der Waals surface area contributed by atoms with Crippen molar-refractivity contribution < 1.29 is 13.2 Å². The van der Waals surface area contributed by atoms with E-state index < -0.39 is 11.6 Å². The quantitative estimate of drug-likeness (QED) is 0.367. The molecule has 0 aliphatic heterocycles. The molecule has 3 aromatic carbocycles. The molecule has 0 spiro atoms. The van der Waals surface area contributed by atoms with Gasteiger partial charge < -0.3 is 0 Å². The molecule has 0 atom stereocenters. The van der Waals surface area contributed by atoms with Crippen LogP contribution in [0.4, 0.5) is 13.2 Å². The molecule has 152 valence electrons. The normalized spacial score (nSPS) is 11.8. The van der Waals surface area contributed by atoms with Gasteiger partial charge in [-0.1, -0.05) is 55.1 Å². The molecule has 0 unspecified atom stereocenters. The van der Waals surface area contributed by atoms with Gasteiger partial charge in [0, 0.05) is 6.07 Å². The largest absolute Gasteiger partial charge is 0.207 e. The minimum absolute atomic E-state index is 0.242. The molecule has 0 aliphatic carbocycles. The molecule has 0 bridgehead atoms. The molecule has 0 saturated heterocycles. The molecule has 0 aromatic heterocycles. The number of hydrogen-bond acceptors (Lipinski definition) is 0. The summed E-state index contributed by atoms with van der Waals surface area (Å²) < 4.78 is 40.5. The molecule has 3 heteroatoms. The third-order valence-corrected chi connectivity index (χ3v) is 4.84. The van der Waals surface area contributed by atoms with E-state index in [0.29, 0.717) is 17.6 Å². The van der Waals surface area contributed by atoms with Crippen LogP contribution in [-0.4, -0.2) is 0 Å². The summed E-state index contributed by atoms with van der Waals surface area (Å²) in [5.74, 6) is -1.49. The van der Waals surface area contributed by atoms with Crippen LogP contribution in [0.5, 0.6) is 0 Å². The second kappa shape index (κ2) is 9.45.